The molecule has 0 saturated carbocycles. The van der Waals surface area contributed by atoms with Crippen molar-refractivity contribution in [1.82, 2.24) is 10.0 Å². The molecule has 0 saturated heterocycles. The Bertz CT molecular complexity index is 503. The van der Waals surface area contributed by atoms with Crippen LogP contribution in [0, 0.1) is 0 Å². The van der Waals surface area contributed by atoms with E-state index in [0.29, 0.717) is 13.1 Å². The van der Waals surface area contributed by atoms with Gasteiger partial charge in [0.05, 0.1) is 5.02 Å². The summed E-state index contributed by atoms with van der Waals surface area (Å²) in [5.74, 6) is 0. The van der Waals surface area contributed by atoms with E-state index in [2.05, 4.69) is 10.0 Å². The molecule has 0 heterocycles. The molecule has 0 radical (unpaired) electrons. The van der Waals surface area contributed by atoms with Crippen LogP contribution in [-0.4, -0.2) is 21.5 Å². The molecule has 19 heavy (non-hydrogen) atoms. The normalized spacial score (nSPS) is 11.7. The molecule has 0 amide bonds. The van der Waals surface area contributed by atoms with Crippen LogP contribution in [0.3, 0.4) is 0 Å². The fourth-order valence-corrected chi connectivity index (χ4v) is 3.22. The van der Waals surface area contributed by atoms with Crippen molar-refractivity contribution in [3.05, 3.63) is 28.8 Å². The van der Waals surface area contributed by atoms with Crippen LogP contribution in [0.2, 0.25) is 5.02 Å². The van der Waals surface area contributed by atoms with Crippen LogP contribution in [-0.2, 0) is 16.6 Å². The first-order valence-electron chi connectivity index (χ1n) is 6.50. The number of hydrogen-bond acceptors (Lipinski definition) is 3. The summed E-state index contributed by atoms with van der Waals surface area (Å²) >= 11 is 5.99. The molecule has 0 aliphatic heterocycles. The minimum atomic E-state index is -3.52. The zero-order chi connectivity index (χ0) is 14.3. The van der Waals surface area contributed by atoms with E-state index in [0.717, 1.165) is 24.9 Å². The highest BCUT2D eigenvalue weighted by molar-refractivity contribution is 7.89. The van der Waals surface area contributed by atoms with E-state index in [4.69, 9.17) is 11.6 Å². The van der Waals surface area contributed by atoms with E-state index in [-0.39, 0.29) is 9.92 Å². The summed E-state index contributed by atoms with van der Waals surface area (Å²) in [4.78, 5) is 0.153. The molecular formula is C13H21ClN2O2S. The summed E-state index contributed by atoms with van der Waals surface area (Å²) in [5, 5.41) is 3.41. The van der Waals surface area contributed by atoms with Crippen LogP contribution in [0.1, 0.15) is 32.3 Å². The van der Waals surface area contributed by atoms with Crippen LogP contribution < -0.4 is 10.0 Å². The molecule has 1 aromatic carbocycles. The number of sulfonamides is 1. The molecule has 0 fully saturated rings. The summed E-state index contributed by atoms with van der Waals surface area (Å²) in [5.41, 5.74) is 0.905. The average molecular weight is 305 g/mol. The number of benzene rings is 1. The van der Waals surface area contributed by atoms with E-state index >= 15 is 0 Å². The van der Waals surface area contributed by atoms with Gasteiger partial charge in [-0.15, -0.1) is 0 Å². The Kier molecular flexibility index (Phi) is 6.79. The van der Waals surface area contributed by atoms with Crippen molar-refractivity contribution < 1.29 is 8.42 Å². The van der Waals surface area contributed by atoms with Crippen molar-refractivity contribution in [2.24, 2.45) is 0 Å². The minimum Gasteiger partial charge on any atom is -0.313 e. The van der Waals surface area contributed by atoms with Gasteiger partial charge in [0, 0.05) is 13.1 Å². The van der Waals surface area contributed by atoms with E-state index in [9.17, 15) is 8.42 Å². The summed E-state index contributed by atoms with van der Waals surface area (Å²) in [6, 6.07) is 5.08. The highest BCUT2D eigenvalue weighted by atomic mass is 35.5. The Hall–Kier alpha value is -0.620. The maximum Gasteiger partial charge on any atom is 0.242 e. The third-order valence-corrected chi connectivity index (χ3v) is 4.63. The second-order valence-corrected chi connectivity index (χ2v) is 6.44. The summed E-state index contributed by atoms with van der Waals surface area (Å²) in [6.45, 7) is 5.91. The molecule has 1 aromatic rings. The van der Waals surface area contributed by atoms with Gasteiger partial charge in [-0.1, -0.05) is 37.9 Å². The fraction of sp³-hybridized carbons (Fsp3) is 0.538. The Labute approximate surface area is 120 Å². The van der Waals surface area contributed by atoms with Crippen molar-refractivity contribution in [3.63, 3.8) is 0 Å². The van der Waals surface area contributed by atoms with Crippen LogP contribution in [0.15, 0.2) is 23.1 Å². The van der Waals surface area contributed by atoms with Gasteiger partial charge < -0.3 is 5.32 Å². The molecule has 0 unspecified atom stereocenters. The van der Waals surface area contributed by atoms with E-state index in [1.165, 1.54) is 0 Å². The zero-order valence-electron chi connectivity index (χ0n) is 11.4. The molecule has 108 valence electrons. The lowest BCUT2D eigenvalue weighted by Gasteiger charge is -2.10. The van der Waals surface area contributed by atoms with Crippen molar-refractivity contribution >= 4 is 21.6 Å². The second kappa shape index (κ2) is 7.85. The van der Waals surface area contributed by atoms with Gasteiger partial charge in [0.25, 0.3) is 0 Å². The molecule has 1 rings (SSSR count). The summed E-state index contributed by atoms with van der Waals surface area (Å²) < 4.78 is 26.8. The third-order valence-electron chi connectivity index (χ3n) is 2.69. The van der Waals surface area contributed by atoms with Gasteiger partial charge in [-0.2, -0.15) is 0 Å². The molecule has 0 atom stereocenters. The lowest BCUT2D eigenvalue weighted by Crippen LogP contribution is -2.25. The highest BCUT2D eigenvalue weighted by Gasteiger charge is 2.17. The Morgan fingerprint density at radius 1 is 1.26 bits per heavy atom. The predicted octanol–water partition coefficient (Wildman–Crippen LogP) is 2.53. The van der Waals surface area contributed by atoms with Gasteiger partial charge in [0.1, 0.15) is 4.90 Å². The van der Waals surface area contributed by atoms with Crippen LogP contribution in [0.4, 0.5) is 0 Å². The quantitative estimate of drug-likeness (QED) is 0.726. The molecule has 0 bridgehead atoms. The lowest BCUT2D eigenvalue weighted by atomic mass is 10.2. The molecule has 6 heteroatoms. The van der Waals surface area contributed by atoms with Crippen molar-refractivity contribution in [1.29, 1.82) is 0 Å². The maximum atomic E-state index is 12.1. The standard InChI is InChI=1S/C13H21ClN2O2S/c1-3-5-8-16-19(17,18)13-9-11(10-15-4-2)6-7-12(13)14/h6-7,9,15-16H,3-5,8,10H2,1-2H3. The highest BCUT2D eigenvalue weighted by Crippen LogP contribution is 2.22. The number of halogens is 1. The maximum absolute atomic E-state index is 12.1. The first-order chi connectivity index (χ1) is 9.01. The molecule has 2 N–H and O–H groups in total. The second-order valence-electron chi connectivity index (χ2n) is 4.30. The van der Waals surface area contributed by atoms with E-state index in [1.807, 2.05) is 19.9 Å². The summed E-state index contributed by atoms with van der Waals surface area (Å²) in [7, 11) is -3.52. The van der Waals surface area contributed by atoms with Crippen molar-refractivity contribution in [2.45, 2.75) is 38.1 Å². The zero-order valence-corrected chi connectivity index (χ0v) is 12.9. The molecule has 0 aliphatic rings. The predicted molar refractivity (Wildman–Crippen MR) is 78.9 cm³/mol. The van der Waals surface area contributed by atoms with Gasteiger partial charge in [-0.05, 0) is 30.7 Å². The number of rotatable bonds is 8. The van der Waals surface area contributed by atoms with E-state index < -0.39 is 10.0 Å². The molecule has 4 nitrogen and oxygen atoms in total. The van der Waals surface area contributed by atoms with Gasteiger partial charge >= 0.3 is 0 Å². The number of nitrogens with one attached hydrogen (secondary N) is 2. The number of hydrogen-bond donors (Lipinski definition) is 2. The van der Waals surface area contributed by atoms with Crippen molar-refractivity contribution in [3.8, 4) is 0 Å². The SMILES string of the molecule is CCCCNS(=O)(=O)c1cc(CNCC)ccc1Cl. The fourth-order valence-electron chi connectivity index (χ4n) is 1.59. The number of unbranched alkanes of at least 4 members (excludes halogenated alkanes) is 1. The molecule has 0 aromatic heterocycles. The van der Waals surface area contributed by atoms with Gasteiger partial charge in [-0.25, -0.2) is 13.1 Å². The first-order valence-corrected chi connectivity index (χ1v) is 8.36. The smallest absolute Gasteiger partial charge is 0.242 e. The summed E-state index contributed by atoms with van der Waals surface area (Å²) in [6.07, 6.45) is 1.75. The van der Waals surface area contributed by atoms with E-state index in [1.54, 1.807) is 12.1 Å². The third kappa shape index (κ3) is 5.10. The largest absolute Gasteiger partial charge is 0.313 e. The first kappa shape index (κ1) is 16.4. The van der Waals surface area contributed by atoms with Gasteiger partial charge in [-0.3, -0.25) is 0 Å². The molecule has 0 aliphatic carbocycles. The van der Waals surface area contributed by atoms with Crippen LogP contribution in [0.25, 0.3) is 0 Å². The molecular weight excluding hydrogens is 284 g/mol. The Morgan fingerprint density at radius 2 is 2.00 bits per heavy atom. The van der Waals surface area contributed by atoms with Crippen LogP contribution >= 0.6 is 11.6 Å². The monoisotopic (exact) mass is 304 g/mol. The topological polar surface area (TPSA) is 58.2 Å². The minimum absolute atomic E-state index is 0.153. The van der Waals surface area contributed by atoms with Gasteiger partial charge in [0.2, 0.25) is 10.0 Å². The Balaban J connectivity index is 2.91. The molecule has 0 spiro atoms. The van der Waals surface area contributed by atoms with Gasteiger partial charge in [0.15, 0.2) is 0 Å². The van der Waals surface area contributed by atoms with Crippen LogP contribution in [0.5, 0.6) is 0 Å². The van der Waals surface area contributed by atoms with Crippen molar-refractivity contribution in [2.75, 3.05) is 13.1 Å². The lowest BCUT2D eigenvalue weighted by molar-refractivity contribution is 0.578. The average Bonchev–Trinajstić information content (AvgIpc) is 2.37. The Morgan fingerprint density at radius 3 is 2.63 bits per heavy atom.